The molecule has 5 heteroatoms. The second-order valence-corrected chi connectivity index (χ2v) is 5.82. The highest BCUT2D eigenvalue weighted by Gasteiger charge is 2.37. The predicted molar refractivity (Wildman–Crippen MR) is 64.7 cm³/mol. The minimum atomic E-state index is -0.835. The smallest absolute Gasteiger partial charge is 0.321 e. The molecule has 17 heavy (non-hydrogen) atoms. The number of carbonyl (C=O) groups excluding carboxylic acids is 1. The normalized spacial score (nSPS) is 25.9. The molecule has 1 saturated heterocycles. The van der Waals surface area contributed by atoms with Crippen molar-refractivity contribution in [2.75, 3.05) is 13.1 Å². The van der Waals surface area contributed by atoms with Crippen molar-refractivity contribution in [3.05, 3.63) is 0 Å². The van der Waals surface area contributed by atoms with Crippen molar-refractivity contribution in [3.8, 4) is 0 Å². The van der Waals surface area contributed by atoms with E-state index in [2.05, 4.69) is 5.32 Å². The number of likely N-dealkylation sites (tertiary alicyclic amines) is 1. The van der Waals surface area contributed by atoms with E-state index in [-0.39, 0.29) is 23.9 Å². The van der Waals surface area contributed by atoms with Crippen molar-refractivity contribution in [2.45, 2.75) is 45.7 Å². The lowest BCUT2D eigenvalue weighted by atomic mass is 10.0. The first kappa shape index (κ1) is 14.0. The van der Waals surface area contributed by atoms with Crippen molar-refractivity contribution in [3.63, 3.8) is 0 Å². The largest absolute Gasteiger partial charge is 0.480 e. The molecule has 0 aromatic carbocycles. The lowest BCUT2D eigenvalue weighted by Crippen LogP contribution is -2.49. The topological polar surface area (TPSA) is 69.6 Å². The number of carboxylic acid groups (broad SMARTS) is 1. The summed E-state index contributed by atoms with van der Waals surface area (Å²) in [4.78, 5) is 24.6. The van der Waals surface area contributed by atoms with Gasteiger partial charge < -0.3 is 10.4 Å². The van der Waals surface area contributed by atoms with Crippen LogP contribution in [0.4, 0.5) is 0 Å². The molecular formula is C12H22N2O3. The van der Waals surface area contributed by atoms with Crippen molar-refractivity contribution in [1.29, 1.82) is 0 Å². The molecule has 0 bridgehead atoms. The molecule has 1 rings (SSSR count). The summed E-state index contributed by atoms with van der Waals surface area (Å²) < 4.78 is 0. The number of aliphatic carboxylic acids is 1. The summed E-state index contributed by atoms with van der Waals surface area (Å²) in [6.45, 7) is 8.49. The second-order valence-electron chi connectivity index (χ2n) is 5.82. The van der Waals surface area contributed by atoms with Crippen molar-refractivity contribution >= 4 is 11.9 Å². The van der Waals surface area contributed by atoms with Crippen molar-refractivity contribution in [1.82, 2.24) is 10.2 Å². The number of nitrogens with zero attached hydrogens (tertiary/aromatic N) is 1. The number of rotatable bonds is 3. The number of nitrogens with one attached hydrogen (secondary N) is 1. The highest BCUT2D eigenvalue weighted by atomic mass is 16.4. The number of carbonyl (C=O) groups is 2. The number of hydrogen-bond acceptors (Lipinski definition) is 3. The average molecular weight is 242 g/mol. The molecule has 0 aromatic heterocycles. The first-order chi connectivity index (χ1) is 7.70. The maximum Gasteiger partial charge on any atom is 0.321 e. The van der Waals surface area contributed by atoms with Gasteiger partial charge in [-0.2, -0.15) is 0 Å². The standard InChI is InChI=1S/C12H22N2O3/c1-8-5-6-14(10(8)11(16)17)7-9(15)13-12(2,3)4/h8,10H,5-7H2,1-4H3,(H,13,15)(H,16,17). The quantitative estimate of drug-likeness (QED) is 0.764. The summed E-state index contributed by atoms with van der Waals surface area (Å²) in [6.07, 6.45) is 0.833. The fourth-order valence-electron chi connectivity index (χ4n) is 2.25. The van der Waals surface area contributed by atoms with E-state index < -0.39 is 12.0 Å². The van der Waals surface area contributed by atoms with Crippen LogP contribution in [0.5, 0.6) is 0 Å². The summed E-state index contributed by atoms with van der Waals surface area (Å²) in [5.74, 6) is -0.841. The van der Waals surface area contributed by atoms with Gasteiger partial charge in [-0.05, 0) is 39.7 Å². The maximum absolute atomic E-state index is 11.7. The van der Waals surface area contributed by atoms with Gasteiger partial charge in [-0.3, -0.25) is 14.5 Å². The third-order valence-corrected chi connectivity index (χ3v) is 2.92. The van der Waals surface area contributed by atoms with Crippen LogP contribution in [0.25, 0.3) is 0 Å². The van der Waals surface area contributed by atoms with E-state index in [1.165, 1.54) is 0 Å². The molecule has 1 aliphatic rings. The van der Waals surface area contributed by atoms with Gasteiger partial charge in [-0.15, -0.1) is 0 Å². The molecule has 0 spiro atoms. The summed E-state index contributed by atoms with van der Waals surface area (Å²) in [5.41, 5.74) is -0.277. The fraction of sp³-hybridized carbons (Fsp3) is 0.833. The Kier molecular flexibility index (Phi) is 4.14. The SMILES string of the molecule is CC1CCN(CC(=O)NC(C)(C)C)C1C(=O)O. The van der Waals surface area contributed by atoms with Crippen LogP contribution in [0.3, 0.4) is 0 Å². The Labute approximate surface area is 102 Å². The molecule has 1 amide bonds. The van der Waals surface area contributed by atoms with Gasteiger partial charge in [0.25, 0.3) is 0 Å². The zero-order chi connectivity index (χ0) is 13.2. The van der Waals surface area contributed by atoms with E-state index in [9.17, 15) is 9.59 Å². The Balaban J connectivity index is 2.57. The number of hydrogen-bond donors (Lipinski definition) is 2. The van der Waals surface area contributed by atoms with Crippen LogP contribution >= 0.6 is 0 Å². The molecule has 2 N–H and O–H groups in total. The summed E-state index contributed by atoms with van der Waals surface area (Å²) in [6, 6.07) is -0.527. The highest BCUT2D eigenvalue weighted by molar-refractivity contribution is 5.80. The summed E-state index contributed by atoms with van der Waals surface area (Å²) >= 11 is 0. The molecule has 0 radical (unpaired) electrons. The van der Waals surface area contributed by atoms with Crippen LogP contribution in [0.2, 0.25) is 0 Å². The van der Waals surface area contributed by atoms with Crippen molar-refractivity contribution in [2.24, 2.45) is 5.92 Å². The first-order valence-corrected chi connectivity index (χ1v) is 5.98. The van der Waals surface area contributed by atoms with Crippen molar-refractivity contribution < 1.29 is 14.7 Å². The Bertz CT molecular complexity index is 309. The Morgan fingerprint density at radius 2 is 2.00 bits per heavy atom. The van der Waals surface area contributed by atoms with Crippen LogP contribution < -0.4 is 5.32 Å². The van der Waals surface area contributed by atoms with Gasteiger partial charge in [0.1, 0.15) is 6.04 Å². The molecule has 0 aromatic rings. The molecular weight excluding hydrogens is 220 g/mol. The second kappa shape index (κ2) is 5.04. The monoisotopic (exact) mass is 242 g/mol. The highest BCUT2D eigenvalue weighted by Crippen LogP contribution is 2.23. The van der Waals surface area contributed by atoms with Gasteiger partial charge in [0.05, 0.1) is 6.54 Å². The fourth-order valence-corrected chi connectivity index (χ4v) is 2.25. The molecule has 5 nitrogen and oxygen atoms in total. The molecule has 0 saturated carbocycles. The van der Waals surface area contributed by atoms with Crippen LogP contribution in [0.15, 0.2) is 0 Å². The minimum absolute atomic E-state index is 0.106. The minimum Gasteiger partial charge on any atom is -0.480 e. The van der Waals surface area contributed by atoms with E-state index in [0.29, 0.717) is 6.54 Å². The summed E-state index contributed by atoms with van der Waals surface area (Å²) in [7, 11) is 0. The number of amides is 1. The van der Waals surface area contributed by atoms with E-state index >= 15 is 0 Å². The van der Waals surface area contributed by atoms with Gasteiger partial charge in [0.2, 0.25) is 5.91 Å². The van der Waals surface area contributed by atoms with Crippen LogP contribution in [-0.4, -0.2) is 46.6 Å². The zero-order valence-corrected chi connectivity index (χ0v) is 11.0. The predicted octanol–water partition coefficient (Wildman–Crippen LogP) is 0.696. The summed E-state index contributed by atoms with van der Waals surface area (Å²) in [5, 5.41) is 12.0. The Morgan fingerprint density at radius 1 is 1.41 bits per heavy atom. The molecule has 2 atom stereocenters. The van der Waals surface area contributed by atoms with E-state index in [1.807, 2.05) is 27.7 Å². The number of carboxylic acids is 1. The molecule has 1 heterocycles. The Morgan fingerprint density at radius 3 is 2.47 bits per heavy atom. The van der Waals surface area contributed by atoms with Crippen LogP contribution in [0.1, 0.15) is 34.1 Å². The van der Waals surface area contributed by atoms with Gasteiger partial charge in [0.15, 0.2) is 0 Å². The molecule has 1 fully saturated rings. The van der Waals surface area contributed by atoms with Gasteiger partial charge >= 0.3 is 5.97 Å². The zero-order valence-electron chi connectivity index (χ0n) is 11.0. The van der Waals surface area contributed by atoms with Gasteiger partial charge in [-0.25, -0.2) is 0 Å². The van der Waals surface area contributed by atoms with Gasteiger partial charge in [-0.1, -0.05) is 6.92 Å². The van der Waals surface area contributed by atoms with E-state index in [1.54, 1.807) is 4.90 Å². The third-order valence-electron chi connectivity index (χ3n) is 2.92. The first-order valence-electron chi connectivity index (χ1n) is 5.98. The van der Waals surface area contributed by atoms with Gasteiger partial charge in [0, 0.05) is 5.54 Å². The molecule has 98 valence electrons. The van der Waals surface area contributed by atoms with Crippen LogP contribution in [0, 0.1) is 5.92 Å². The molecule has 0 aliphatic carbocycles. The lowest BCUT2D eigenvalue weighted by Gasteiger charge is -2.26. The van der Waals surface area contributed by atoms with E-state index in [0.717, 1.165) is 6.42 Å². The molecule has 2 unspecified atom stereocenters. The third kappa shape index (κ3) is 4.00. The van der Waals surface area contributed by atoms with E-state index in [4.69, 9.17) is 5.11 Å². The maximum atomic E-state index is 11.7. The average Bonchev–Trinajstić information content (AvgIpc) is 2.42. The van der Waals surface area contributed by atoms with Crippen LogP contribution in [-0.2, 0) is 9.59 Å². The Hall–Kier alpha value is -1.10. The molecule has 1 aliphatic heterocycles. The lowest BCUT2D eigenvalue weighted by molar-refractivity contribution is -0.143.